The second-order valence-corrected chi connectivity index (χ2v) is 11.8. The van der Waals surface area contributed by atoms with Gasteiger partial charge in [0.15, 0.2) is 0 Å². The van der Waals surface area contributed by atoms with Crippen LogP contribution in [0.5, 0.6) is 0 Å². The third kappa shape index (κ3) is 5.12. The summed E-state index contributed by atoms with van der Waals surface area (Å²) in [6, 6.07) is 2.47. The number of rotatable bonds is 6. The van der Waals surface area contributed by atoms with Gasteiger partial charge in [0, 0.05) is 0 Å². The Hall–Kier alpha value is -1.29. The van der Waals surface area contributed by atoms with E-state index in [1.54, 1.807) is 11.1 Å². The lowest BCUT2D eigenvalue weighted by Gasteiger charge is -2.44. The summed E-state index contributed by atoms with van der Waals surface area (Å²) in [6.45, 7) is 15.8. The molecule has 3 rings (SSSR count). The molecule has 30 heavy (non-hydrogen) atoms. The molecule has 0 aromatic rings. The molecule has 1 heteroatoms. The van der Waals surface area contributed by atoms with E-state index in [2.05, 4.69) is 59.4 Å². The summed E-state index contributed by atoms with van der Waals surface area (Å²) in [7, 11) is 0. The highest BCUT2D eigenvalue weighted by atomic mass is 14.5. The average Bonchev–Trinajstić information content (AvgIpc) is 3.06. The molecule has 3 aliphatic carbocycles. The molecule has 0 heterocycles. The Kier molecular flexibility index (Phi) is 7.37. The van der Waals surface area contributed by atoms with Crippen molar-refractivity contribution in [2.45, 2.75) is 105 Å². The van der Waals surface area contributed by atoms with Gasteiger partial charge in [0.05, 0.1) is 11.5 Å². The molecule has 5 unspecified atom stereocenters. The lowest BCUT2D eigenvalue weighted by molar-refractivity contribution is 0.0924. The Morgan fingerprint density at radius 3 is 2.70 bits per heavy atom. The summed E-state index contributed by atoms with van der Waals surface area (Å²) in [6.07, 6.45) is 19.0. The zero-order valence-corrected chi connectivity index (χ0v) is 20.4. The Labute approximate surface area is 186 Å². The maximum atomic E-state index is 9.30. The van der Waals surface area contributed by atoms with Crippen LogP contribution >= 0.6 is 0 Å². The molecule has 0 bridgehead atoms. The Morgan fingerprint density at radius 1 is 1.23 bits per heavy atom. The van der Waals surface area contributed by atoms with Gasteiger partial charge in [-0.1, -0.05) is 69.1 Å². The standard InChI is InChI=1S/C29H45N/c1-21-11-12-24(19-23(21)3)13-14-25-10-8-18-29(6)26(15-16-27(25)29)22(2)9-7-17-28(4,5)20-30/h13-14,22-23,26-27H,1,7-12,15-19H2,2-6H3/b24-13-,25-14+. The molecule has 5 atom stereocenters. The topological polar surface area (TPSA) is 23.8 Å². The van der Waals surface area contributed by atoms with Crippen molar-refractivity contribution >= 4 is 0 Å². The second kappa shape index (κ2) is 9.46. The zero-order chi connectivity index (χ0) is 21.9. The van der Waals surface area contributed by atoms with Crippen LogP contribution in [0, 0.1) is 45.8 Å². The van der Waals surface area contributed by atoms with Crippen molar-refractivity contribution in [1.29, 1.82) is 5.26 Å². The van der Waals surface area contributed by atoms with Crippen molar-refractivity contribution in [2.75, 3.05) is 0 Å². The molecule has 166 valence electrons. The molecule has 0 aromatic heterocycles. The molecule has 1 nitrogen and oxygen atoms in total. The minimum atomic E-state index is -0.168. The number of nitrogens with zero attached hydrogens (tertiary/aromatic N) is 1. The molecule has 0 amide bonds. The largest absolute Gasteiger partial charge is 0.198 e. The average molecular weight is 408 g/mol. The second-order valence-electron chi connectivity index (χ2n) is 11.8. The van der Waals surface area contributed by atoms with Crippen LogP contribution in [-0.4, -0.2) is 0 Å². The molecule has 0 spiro atoms. The van der Waals surface area contributed by atoms with Crippen LogP contribution in [0.25, 0.3) is 0 Å². The van der Waals surface area contributed by atoms with Crippen molar-refractivity contribution in [3.63, 3.8) is 0 Å². The van der Waals surface area contributed by atoms with Gasteiger partial charge in [-0.3, -0.25) is 0 Å². The minimum Gasteiger partial charge on any atom is -0.198 e. The summed E-state index contributed by atoms with van der Waals surface area (Å²) >= 11 is 0. The highest BCUT2D eigenvalue weighted by Crippen LogP contribution is 2.60. The van der Waals surface area contributed by atoms with E-state index in [0.717, 1.165) is 24.2 Å². The van der Waals surface area contributed by atoms with E-state index in [4.69, 9.17) is 0 Å². The first-order chi connectivity index (χ1) is 14.2. The van der Waals surface area contributed by atoms with Gasteiger partial charge in [-0.2, -0.15) is 5.26 Å². The van der Waals surface area contributed by atoms with Crippen LogP contribution < -0.4 is 0 Å². The fourth-order valence-electron chi connectivity index (χ4n) is 6.92. The van der Waals surface area contributed by atoms with E-state index < -0.39 is 0 Å². The van der Waals surface area contributed by atoms with E-state index in [1.165, 1.54) is 69.8 Å². The summed E-state index contributed by atoms with van der Waals surface area (Å²) in [5, 5.41) is 9.30. The van der Waals surface area contributed by atoms with E-state index >= 15 is 0 Å². The van der Waals surface area contributed by atoms with Crippen LogP contribution in [0.2, 0.25) is 0 Å². The molecule has 3 fully saturated rings. The van der Waals surface area contributed by atoms with Gasteiger partial charge in [-0.05, 0) is 101 Å². The highest BCUT2D eigenvalue weighted by molar-refractivity contribution is 5.27. The SMILES string of the molecule is C=C1CC/C(=C/C=C2\CCCC3(C)C2CCC3C(C)CCCC(C)(C)C#N)CC1C. The molecule has 3 aliphatic rings. The Balaban J connectivity index is 1.65. The van der Waals surface area contributed by atoms with Crippen LogP contribution in [-0.2, 0) is 0 Å². The Bertz CT molecular complexity index is 730. The molecule has 0 radical (unpaired) electrons. The van der Waals surface area contributed by atoms with Gasteiger partial charge in [-0.25, -0.2) is 0 Å². The monoisotopic (exact) mass is 407 g/mol. The first kappa shape index (κ1) is 23.4. The van der Waals surface area contributed by atoms with Gasteiger partial charge in [-0.15, -0.1) is 0 Å². The van der Waals surface area contributed by atoms with E-state index in [1.807, 2.05) is 0 Å². The number of hydrogen-bond donors (Lipinski definition) is 0. The van der Waals surface area contributed by atoms with Crippen molar-refractivity contribution in [3.05, 3.63) is 35.5 Å². The smallest absolute Gasteiger partial charge is 0.0683 e. The molecular weight excluding hydrogens is 362 g/mol. The third-order valence-electron chi connectivity index (χ3n) is 9.05. The summed E-state index contributed by atoms with van der Waals surface area (Å²) in [4.78, 5) is 0. The van der Waals surface area contributed by atoms with E-state index in [9.17, 15) is 5.26 Å². The number of nitriles is 1. The maximum Gasteiger partial charge on any atom is 0.0683 e. The van der Waals surface area contributed by atoms with Crippen molar-refractivity contribution < 1.29 is 0 Å². The van der Waals surface area contributed by atoms with Gasteiger partial charge < -0.3 is 0 Å². The molecule has 0 N–H and O–H groups in total. The summed E-state index contributed by atoms with van der Waals surface area (Å²) in [5.41, 5.74) is 5.14. The van der Waals surface area contributed by atoms with Gasteiger partial charge in [0.25, 0.3) is 0 Å². The molecular formula is C29H45N. The Morgan fingerprint density at radius 2 is 2.00 bits per heavy atom. The van der Waals surface area contributed by atoms with Crippen molar-refractivity contribution in [2.24, 2.45) is 34.5 Å². The fraction of sp³-hybridized carbons (Fsp3) is 0.759. The van der Waals surface area contributed by atoms with Crippen LogP contribution in [0.15, 0.2) is 35.5 Å². The third-order valence-corrected chi connectivity index (χ3v) is 9.05. The number of fused-ring (bicyclic) bond motifs is 1. The van der Waals surface area contributed by atoms with Crippen molar-refractivity contribution in [3.8, 4) is 6.07 Å². The maximum absolute atomic E-state index is 9.30. The fourth-order valence-corrected chi connectivity index (χ4v) is 6.92. The van der Waals surface area contributed by atoms with Gasteiger partial charge >= 0.3 is 0 Å². The summed E-state index contributed by atoms with van der Waals surface area (Å²) in [5.74, 6) is 3.07. The van der Waals surface area contributed by atoms with Crippen LogP contribution in [0.1, 0.15) is 105 Å². The lowest BCUT2D eigenvalue weighted by Crippen LogP contribution is -2.36. The molecule has 0 aromatic carbocycles. The minimum absolute atomic E-state index is 0.168. The van der Waals surface area contributed by atoms with Gasteiger partial charge in [0.1, 0.15) is 0 Å². The van der Waals surface area contributed by atoms with E-state index in [0.29, 0.717) is 11.3 Å². The zero-order valence-electron chi connectivity index (χ0n) is 20.4. The van der Waals surface area contributed by atoms with Crippen LogP contribution in [0.3, 0.4) is 0 Å². The quantitative estimate of drug-likeness (QED) is 0.403. The predicted molar refractivity (Wildman–Crippen MR) is 129 cm³/mol. The van der Waals surface area contributed by atoms with E-state index in [-0.39, 0.29) is 5.41 Å². The molecule has 3 saturated carbocycles. The predicted octanol–water partition coefficient (Wildman–Crippen LogP) is 8.79. The highest BCUT2D eigenvalue weighted by Gasteiger charge is 2.50. The van der Waals surface area contributed by atoms with Crippen molar-refractivity contribution in [1.82, 2.24) is 0 Å². The first-order valence-corrected chi connectivity index (χ1v) is 12.6. The van der Waals surface area contributed by atoms with Gasteiger partial charge in [0.2, 0.25) is 0 Å². The molecule has 0 aliphatic heterocycles. The normalized spacial score (nSPS) is 36.0. The number of hydrogen-bond acceptors (Lipinski definition) is 1. The summed E-state index contributed by atoms with van der Waals surface area (Å²) < 4.78 is 0. The first-order valence-electron chi connectivity index (χ1n) is 12.6. The number of allylic oxidation sites excluding steroid dienone is 5. The lowest BCUT2D eigenvalue weighted by atomic mass is 9.60. The van der Waals surface area contributed by atoms with Crippen LogP contribution in [0.4, 0.5) is 0 Å². The molecule has 0 saturated heterocycles.